The molecule has 0 heterocycles. The molecule has 0 bridgehead atoms. The van der Waals surface area contributed by atoms with Crippen molar-refractivity contribution in [2.45, 2.75) is 0 Å². The number of hydrazine groups is 1. The number of nitrogen functional groups attached to an aromatic ring is 1. The normalized spacial score (nSPS) is 9.45. The molecule has 0 aliphatic rings. The summed E-state index contributed by atoms with van der Waals surface area (Å²) in [7, 11) is 3.76. The van der Waals surface area contributed by atoms with E-state index in [0.717, 1.165) is 5.69 Å². The molecule has 0 aliphatic carbocycles. The Bertz CT molecular complexity index is 652. The smallest absolute Gasteiger partial charge is 0.193 e. The number of ketones is 1. The van der Waals surface area contributed by atoms with Crippen molar-refractivity contribution in [1.82, 2.24) is 0 Å². The number of hydrogen-bond donors (Lipinski definition) is 3. The number of anilines is 2. The molecule has 6 nitrogen and oxygen atoms in total. The third-order valence-corrected chi connectivity index (χ3v) is 3.10. The van der Waals surface area contributed by atoms with E-state index < -0.39 is 0 Å². The zero-order valence-corrected chi connectivity index (χ0v) is 12.6. The molecule has 0 radical (unpaired) electrons. The molecular formula is C16H20N4O2. The van der Waals surface area contributed by atoms with Gasteiger partial charge in [0, 0.05) is 42.2 Å². The molecule has 0 aromatic heterocycles. The zero-order valence-electron chi connectivity index (χ0n) is 12.6. The molecule has 6 N–H and O–H groups in total. The van der Waals surface area contributed by atoms with Crippen molar-refractivity contribution < 1.29 is 9.59 Å². The lowest BCUT2D eigenvalue weighted by Gasteiger charge is -2.14. The quantitative estimate of drug-likeness (QED) is 0.257. The van der Waals surface area contributed by atoms with Gasteiger partial charge in [-0.3, -0.25) is 21.3 Å². The van der Waals surface area contributed by atoms with Crippen molar-refractivity contribution >= 4 is 23.4 Å². The monoisotopic (exact) mass is 300 g/mol. The highest BCUT2D eigenvalue weighted by Gasteiger charge is 2.14. The maximum Gasteiger partial charge on any atom is 0.193 e. The Morgan fingerprint density at radius 3 is 2.14 bits per heavy atom. The van der Waals surface area contributed by atoms with Crippen LogP contribution in [0.1, 0.15) is 26.3 Å². The maximum atomic E-state index is 12.5. The summed E-state index contributed by atoms with van der Waals surface area (Å²) < 4.78 is 0. The van der Waals surface area contributed by atoms with E-state index in [-0.39, 0.29) is 5.78 Å². The van der Waals surface area contributed by atoms with Gasteiger partial charge in [0.15, 0.2) is 12.1 Å². The Morgan fingerprint density at radius 1 is 1.05 bits per heavy atom. The molecule has 6 heteroatoms. The van der Waals surface area contributed by atoms with E-state index in [1.165, 1.54) is 0 Å². The molecule has 0 spiro atoms. The van der Waals surface area contributed by atoms with Crippen LogP contribution in [0.2, 0.25) is 0 Å². The van der Waals surface area contributed by atoms with Crippen LogP contribution in [0.25, 0.3) is 0 Å². The topological polar surface area (TPSA) is 115 Å². The summed E-state index contributed by atoms with van der Waals surface area (Å²) in [6.45, 7) is 0. The van der Waals surface area contributed by atoms with Gasteiger partial charge in [0.2, 0.25) is 0 Å². The van der Waals surface area contributed by atoms with Crippen molar-refractivity contribution in [3.63, 3.8) is 0 Å². The molecule has 22 heavy (non-hydrogen) atoms. The fraction of sp³-hybridized carbons (Fsp3) is 0.125. The lowest BCUT2D eigenvalue weighted by atomic mass is 9.98. The van der Waals surface area contributed by atoms with Gasteiger partial charge < -0.3 is 10.6 Å². The minimum Gasteiger partial charge on any atom is -0.399 e. The lowest BCUT2D eigenvalue weighted by Crippen LogP contribution is -2.12. The van der Waals surface area contributed by atoms with Gasteiger partial charge in [0.05, 0.1) is 0 Å². The number of nitrogens with two attached hydrogens (primary N) is 3. The van der Waals surface area contributed by atoms with Gasteiger partial charge >= 0.3 is 0 Å². The van der Waals surface area contributed by atoms with Crippen LogP contribution < -0.4 is 22.3 Å². The Kier molecular flexibility index (Phi) is 6.25. The predicted octanol–water partition coefficient (Wildman–Crippen LogP) is 1.20. The van der Waals surface area contributed by atoms with E-state index in [2.05, 4.69) is 11.7 Å². The summed E-state index contributed by atoms with van der Waals surface area (Å²) in [5.74, 6) is 7.82. The number of nitrogens with zero attached hydrogens (tertiary/aromatic N) is 1. The summed E-state index contributed by atoms with van der Waals surface area (Å²) in [5, 5.41) is 0. The highest BCUT2D eigenvalue weighted by Crippen LogP contribution is 2.20. The van der Waals surface area contributed by atoms with Crippen molar-refractivity contribution in [2.24, 2.45) is 11.7 Å². The van der Waals surface area contributed by atoms with Gasteiger partial charge in [-0.05, 0) is 42.5 Å². The van der Waals surface area contributed by atoms with Crippen molar-refractivity contribution in [3.8, 4) is 0 Å². The summed E-state index contributed by atoms with van der Waals surface area (Å²) >= 11 is 0. The summed E-state index contributed by atoms with van der Waals surface area (Å²) in [5.41, 5.74) is 8.38. The average molecular weight is 300 g/mol. The van der Waals surface area contributed by atoms with Crippen LogP contribution in [0.4, 0.5) is 11.4 Å². The van der Waals surface area contributed by atoms with E-state index in [1.54, 1.807) is 36.4 Å². The highest BCUT2D eigenvalue weighted by molar-refractivity contribution is 6.13. The Hall–Kier alpha value is -2.70. The second-order valence-corrected chi connectivity index (χ2v) is 4.73. The Morgan fingerprint density at radius 2 is 1.64 bits per heavy atom. The molecule has 0 fully saturated rings. The summed E-state index contributed by atoms with van der Waals surface area (Å²) in [6.07, 6.45) is 0.698. The van der Waals surface area contributed by atoms with Crippen LogP contribution in [0, 0.1) is 0 Å². The van der Waals surface area contributed by atoms with Crippen LogP contribution in [0.15, 0.2) is 42.5 Å². The SMILES string of the molecule is CN(C)c1ccc(C=O)c(C(=O)c2ccc(N)cc2)c1.NN. The molecular weight excluding hydrogens is 280 g/mol. The number of hydrogen-bond acceptors (Lipinski definition) is 6. The first-order valence-corrected chi connectivity index (χ1v) is 6.53. The van der Waals surface area contributed by atoms with Gasteiger partial charge in [0.25, 0.3) is 0 Å². The molecule has 0 saturated heterocycles. The Labute approximate surface area is 129 Å². The van der Waals surface area contributed by atoms with E-state index in [1.807, 2.05) is 25.1 Å². The van der Waals surface area contributed by atoms with Crippen LogP contribution in [0.3, 0.4) is 0 Å². The lowest BCUT2D eigenvalue weighted by molar-refractivity contribution is 0.102. The third-order valence-electron chi connectivity index (χ3n) is 3.10. The van der Waals surface area contributed by atoms with Gasteiger partial charge in [-0.1, -0.05) is 0 Å². The largest absolute Gasteiger partial charge is 0.399 e. The Balaban J connectivity index is 0.00000116. The van der Waals surface area contributed by atoms with Crippen molar-refractivity contribution in [1.29, 1.82) is 0 Å². The zero-order chi connectivity index (χ0) is 16.7. The maximum absolute atomic E-state index is 12.5. The first kappa shape index (κ1) is 17.4. The number of rotatable bonds is 4. The number of benzene rings is 2. The van der Waals surface area contributed by atoms with Crippen LogP contribution in [-0.2, 0) is 0 Å². The van der Waals surface area contributed by atoms with E-state index in [9.17, 15) is 9.59 Å². The van der Waals surface area contributed by atoms with Gasteiger partial charge in [-0.2, -0.15) is 0 Å². The number of carbonyl (C=O) groups is 2. The first-order valence-electron chi connectivity index (χ1n) is 6.53. The summed E-state index contributed by atoms with van der Waals surface area (Å²) in [6, 6.07) is 11.9. The molecule has 0 atom stereocenters. The van der Waals surface area contributed by atoms with Crippen LogP contribution in [0.5, 0.6) is 0 Å². The molecule has 2 aromatic rings. The van der Waals surface area contributed by atoms with Crippen LogP contribution in [-0.4, -0.2) is 26.2 Å². The minimum atomic E-state index is -0.184. The molecule has 0 saturated carbocycles. The van der Waals surface area contributed by atoms with E-state index >= 15 is 0 Å². The second-order valence-electron chi connectivity index (χ2n) is 4.73. The summed E-state index contributed by atoms with van der Waals surface area (Å²) in [4.78, 5) is 25.5. The molecule has 2 aromatic carbocycles. The van der Waals surface area contributed by atoms with E-state index in [4.69, 9.17) is 5.73 Å². The van der Waals surface area contributed by atoms with Crippen molar-refractivity contribution in [3.05, 3.63) is 59.2 Å². The standard InChI is InChI=1S/C16H16N2O2.H4N2/c1-18(2)14-8-5-12(10-19)15(9-14)16(20)11-3-6-13(17)7-4-11;1-2/h3-10H,17H2,1-2H3;1-2H2. The van der Waals surface area contributed by atoms with Gasteiger partial charge in [0.1, 0.15) is 0 Å². The average Bonchev–Trinajstić information content (AvgIpc) is 2.56. The first-order chi connectivity index (χ1) is 10.5. The minimum absolute atomic E-state index is 0.184. The third kappa shape index (κ3) is 3.91. The predicted molar refractivity (Wildman–Crippen MR) is 88.8 cm³/mol. The molecule has 0 amide bonds. The van der Waals surface area contributed by atoms with Gasteiger partial charge in [-0.15, -0.1) is 0 Å². The molecule has 0 aliphatic heterocycles. The fourth-order valence-electron chi connectivity index (χ4n) is 1.91. The molecule has 0 unspecified atom stereocenters. The second kappa shape index (κ2) is 7.92. The van der Waals surface area contributed by atoms with Crippen molar-refractivity contribution in [2.75, 3.05) is 24.7 Å². The fourth-order valence-corrected chi connectivity index (χ4v) is 1.91. The number of aldehydes is 1. The number of carbonyl (C=O) groups excluding carboxylic acids is 2. The highest BCUT2D eigenvalue weighted by atomic mass is 16.1. The van der Waals surface area contributed by atoms with E-state index in [0.29, 0.717) is 28.7 Å². The molecule has 116 valence electrons. The van der Waals surface area contributed by atoms with Gasteiger partial charge in [-0.25, -0.2) is 0 Å². The van der Waals surface area contributed by atoms with Crippen LogP contribution >= 0.6 is 0 Å². The molecule has 2 rings (SSSR count).